The van der Waals surface area contributed by atoms with Gasteiger partial charge in [-0.05, 0) is 12.1 Å². The van der Waals surface area contributed by atoms with Crippen LogP contribution in [0.15, 0.2) is 23.0 Å². The van der Waals surface area contributed by atoms with E-state index < -0.39 is 6.43 Å². The number of nitrogens with one attached hydrogen (secondary N) is 1. The van der Waals surface area contributed by atoms with Crippen molar-refractivity contribution in [3.8, 4) is 0 Å². The molecule has 14 heavy (non-hydrogen) atoms. The second-order valence-electron chi connectivity index (χ2n) is 3.07. The van der Waals surface area contributed by atoms with Crippen LogP contribution in [0.2, 0.25) is 0 Å². The Kier molecular flexibility index (Phi) is 1.87. The summed E-state index contributed by atoms with van der Waals surface area (Å²) in [6.45, 7) is 0. The SMILES string of the molecule is Cn1c(=O)[nH]c2ccc(C(F)F)cc21. The van der Waals surface area contributed by atoms with E-state index in [1.807, 2.05) is 0 Å². The summed E-state index contributed by atoms with van der Waals surface area (Å²) in [5.41, 5.74) is 0.688. The standard InChI is InChI=1S/C9H8F2N2O/c1-13-7-4-5(8(10)11)2-3-6(7)12-9(13)14/h2-4,8H,1H3,(H,12,14). The lowest BCUT2D eigenvalue weighted by molar-refractivity contribution is 0.151. The minimum absolute atomic E-state index is 0.0768. The lowest BCUT2D eigenvalue weighted by Crippen LogP contribution is -2.11. The second-order valence-corrected chi connectivity index (χ2v) is 3.07. The van der Waals surface area contributed by atoms with Crippen LogP contribution in [0.4, 0.5) is 8.78 Å². The Morgan fingerprint density at radius 1 is 1.43 bits per heavy atom. The molecule has 0 unspecified atom stereocenters. The summed E-state index contributed by atoms with van der Waals surface area (Å²) in [5, 5.41) is 0. The van der Waals surface area contributed by atoms with E-state index in [-0.39, 0.29) is 11.3 Å². The summed E-state index contributed by atoms with van der Waals surface area (Å²) < 4.78 is 26.0. The Bertz CT molecular complexity index is 527. The van der Waals surface area contributed by atoms with Crippen molar-refractivity contribution in [2.24, 2.45) is 7.05 Å². The van der Waals surface area contributed by atoms with Gasteiger partial charge in [-0.15, -0.1) is 0 Å². The summed E-state index contributed by atoms with van der Waals surface area (Å²) >= 11 is 0. The number of aromatic amines is 1. The molecule has 0 bridgehead atoms. The number of benzene rings is 1. The molecule has 5 heteroatoms. The molecule has 2 rings (SSSR count). The zero-order chi connectivity index (χ0) is 10.3. The van der Waals surface area contributed by atoms with Gasteiger partial charge >= 0.3 is 5.69 Å². The fraction of sp³-hybridized carbons (Fsp3) is 0.222. The van der Waals surface area contributed by atoms with E-state index in [9.17, 15) is 13.6 Å². The largest absolute Gasteiger partial charge is 0.326 e. The molecule has 2 aromatic rings. The van der Waals surface area contributed by atoms with E-state index >= 15 is 0 Å². The predicted octanol–water partition coefficient (Wildman–Crippen LogP) is 1.80. The molecule has 0 atom stereocenters. The summed E-state index contributed by atoms with van der Waals surface area (Å²) in [6, 6.07) is 4.11. The fourth-order valence-electron chi connectivity index (χ4n) is 1.38. The van der Waals surface area contributed by atoms with Crippen LogP contribution in [0.3, 0.4) is 0 Å². The molecule has 1 aromatic heterocycles. The number of fused-ring (bicyclic) bond motifs is 1. The number of aromatic nitrogens is 2. The zero-order valence-electron chi connectivity index (χ0n) is 7.42. The molecule has 0 aliphatic heterocycles. The van der Waals surface area contributed by atoms with Crippen molar-refractivity contribution in [2.75, 3.05) is 0 Å². The second kappa shape index (κ2) is 2.94. The van der Waals surface area contributed by atoms with E-state index in [4.69, 9.17) is 0 Å². The number of nitrogens with zero attached hydrogens (tertiary/aromatic N) is 1. The quantitative estimate of drug-likeness (QED) is 0.745. The first kappa shape index (κ1) is 8.93. The molecule has 0 saturated heterocycles. The van der Waals surface area contributed by atoms with Gasteiger partial charge in [-0.1, -0.05) is 6.07 Å². The van der Waals surface area contributed by atoms with E-state index in [0.717, 1.165) is 0 Å². The van der Waals surface area contributed by atoms with Gasteiger partial charge in [-0.2, -0.15) is 0 Å². The number of aryl methyl sites for hydroxylation is 1. The molecule has 74 valence electrons. The van der Waals surface area contributed by atoms with Crippen molar-refractivity contribution in [3.05, 3.63) is 34.2 Å². The van der Waals surface area contributed by atoms with Crippen LogP contribution in [-0.2, 0) is 7.05 Å². The summed E-state index contributed by atoms with van der Waals surface area (Å²) in [5.74, 6) is 0. The van der Waals surface area contributed by atoms with Crippen molar-refractivity contribution in [1.29, 1.82) is 0 Å². The molecule has 1 aromatic carbocycles. The molecule has 0 spiro atoms. The molecule has 0 amide bonds. The molecule has 3 nitrogen and oxygen atoms in total. The van der Waals surface area contributed by atoms with Gasteiger partial charge in [0.15, 0.2) is 0 Å². The third-order valence-electron chi connectivity index (χ3n) is 2.18. The summed E-state index contributed by atoms with van der Waals surface area (Å²) in [6.07, 6.45) is -2.51. The predicted molar refractivity (Wildman–Crippen MR) is 48.5 cm³/mol. The Morgan fingerprint density at radius 2 is 2.14 bits per heavy atom. The first-order valence-electron chi connectivity index (χ1n) is 4.06. The highest BCUT2D eigenvalue weighted by molar-refractivity contribution is 5.75. The average molecular weight is 198 g/mol. The first-order valence-corrected chi connectivity index (χ1v) is 4.06. The van der Waals surface area contributed by atoms with E-state index in [1.165, 1.54) is 29.8 Å². The van der Waals surface area contributed by atoms with Crippen molar-refractivity contribution >= 4 is 11.0 Å². The minimum atomic E-state index is -2.51. The maximum absolute atomic E-state index is 12.3. The number of hydrogen-bond acceptors (Lipinski definition) is 1. The number of hydrogen-bond donors (Lipinski definition) is 1. The highest BCUT2D eigenvalue weighted by atomic mass is 19.3. The lowest BCUT2D eigenvalue weighted by atomic mass is 10.2. The van der Waals surface area contributed by atoms with Crippen molar-refractivity contribution < 1.29 is 8.78 Å². The number of rotatable bonds is 1. The Balaban J connectivity index is 2.76. The monoisotopic (exact) mass is 198 g/mol. The van der Waals surface area contributed by atoms with Gasteiger partial charge in [-0.25, -0.2) is 13.6 Å². The van der Waals surface area contributed by atoms with E-state index in [2.05, 4.69) is 4.98 Å². The summed E-state index contributed by atoms with van der Waals surface area (Å²) in [7, 11) is 1.54. The molecule has 0 saturated carbocycles. The Morgan fingerprint density at radius 3 is 2.79 bits per heavy atom. The molecular formula is C9H8F2N2O. The van der Waals surface area contributed by atoms with Gasteiger partial charge < -0.3 is 4.98 Å². The summed E-state index contributed by atoms with van der Waals surface area (Å²) in [4.78, 5) is 13.7. The van der Waals surface area contributed by atoms with Crippen LogP contribution in [0.5, 0.6) is 0 Å². The third-order valence-corrected chi connectivity index (χ3v) is 2.18. The third kappa shape index (κ3) is 1.21. The lowest BCUT2D eigenvalue weighted by Gasteiger charge is -1.99. The van der Waals surface area contributed by atoms with Crippen molar-refractivity contribution in [3.63, 3.8) is 0 Å². The maximum atomic E-state index is 12.3. The smallest absolute Gasteiger partial charge is 0.306 e. The molecule has 1 N–H and O–H groups in total. The molecule has 1 heterocycles. The van der Waals surface area contributed by atoms with Crippen molar-refractivity contribution in [2.45, 2.75) is 6.43 Å². The maximum Gasteiger partial charge on any atom is 0.326 e. The fourth-order valence-corrected chi connectivity index (χ4v) is 1.38. The van der Waals surface area contributed by atoms with Crippen molar-refractivity contribution in [1.82, 2.24) is 9.55 Å². The van der Waals surface area contributed by atoms with Crippen LogP contribution in [0.25, 0.3) is 11.0 Å². The highest BCUT2D eigenvalue weighted by Gasteiger charge is 2.09. The van der Waals surface area contributed by atoms with Crippen LogP contribution in [-0.4, -0.2) is 9.55 Å². The van der Waals surface area contributed by atoms with Gasteiger partial charge in [0.1, 0.15) is 0 Å². The highest BCUT2D eigenvalue weighted by Crippen LogP contribution is 2.21. The number of H-pyrrole nitrogens is 1. The normalized spacial score (nSPS) is 11.4. The number of alkyl halides is 2. The zero-order valence-corrected chi connectivity index (χ0v) is 7.42. The van der Waals surface area contributed by atoms with Crippen LogP contribution >= 0.6 is 0 Å². The van der Waals surface area contributed by atoms with Gasteiger partial charge in [0.2, 0.25) is 0 Å². The Labute approximate surface area is 78.0 Å². The topological polar surface area (TPSA) is 37.8 Å². The van der Waals surface area contributed by atoms with E-state index in [0.29, 0.717) is 11.0 Å². The average Bonchev–Trinajstić information content (AvgIpc) is 2.43. The first-order chi connectivity index (χ1) is 6.59. The van der Waals surface area contributed by atoms with Gasteiger partial charge in [0.25, 0.3) is 6.43 Å². The number of halogens is 2. The van der Waals surface area contributed by atoms with Crippen LogP contribution in [0, 0.1) is 0 Å². The Hall–Kier alpha value is -1.65. The molecular weight excluding hydrogens is 190 g/mol. The van der Waals surface area contributed by atoms with Crippen LogP contribution in [0.1, 0.15) is 12.0 Å². The molecule has 0 fully saturated rings. The van der Waals surface area contributed by atoms with Gasteiger partial charge in [0.05, 0.1) is 11.0 Å². The van der Waals surface area contributed by atoms with Gasteiger partial charge in [0, 0.05) is 12.6 Å². The molecule has 0 aliphatic carbocycles. The number of imidazole rings is 1. The van der Waals surface area contributed by atoms with Gasteiger partial charge in [-0.3, -0.25) is 4.57 Å². The van der Waals surface area contributed by atoms with Crippen LogP contribution < -0.4 is 5.69 Å². The minimum Gasteiger partial charge on any atom is -0.306 e. The molecule has 0 aliphatic rings. The molecule has 0 radical (unpaired) electrons. The van der Waals surface area contributed by atoms with E-state index in [1.54, 1.807) is 0 Å².